The minimum Gasteiger partial charge on any atom is -0.508 e. The molecular weight excluding hydrogens is 450 g/mol. The van der Waals surface area contributed by atoms with E-state index < -0.39 is 17.6 Å². The normalized spacial score (nSPS) is 15.1. The lowest BCUT2D eigenvalue weighted by molar-refractivity contribution is -0.137. The lowest BCUT2D eigenvalue weighted by Crippen LogP contribution is -2.23. The van der Waals surface area contributed by atoms with Gasteiger partial charge in [-0.3, -0.25) is 4.57 Å². The minimum atomic E-state index is -4.80. The lowest BCUT2D eigenvalue weighted by Gasteiger charge is -2.23. The summed E-state index contributed by atoms with van der Waals surface area (Å²) >= 11 is 0. The van der Waals surface area contributed by atoms with E-state index >= 15 is 0 Å². The Balaban J connectivity index is 1.68. The van der Waals surface area contributed by atoms with Gasteiger partial charge in [0.1, 0.15) is 23.2 Å². The Bertz CT molecular complexity index is 1350. The van der Waals surface area contributed by atoms with Gasteiger partial charge in [0.15, 0.2) is 0 Å². The van der Waals surface area contributed by atoms with Crippen molar-refractivity contribution in [3.8, 4) is 23.0 Å². The van der Waals surface area contributed by atoms with Crippen LogP contribution in [0.25, 0.3) is 28.2 Å². The number of rotatable bonds is 4. The predicted molar refractivity (Wildman–Crippen MR) is 119 cm³/mol. The summed E-state index contributed by atoms with van der Waals surface area (Å²) in [7, 11) is 0. The van der Waals surface area contributed by atoms with Gasteiger partial charge < -0.3 is 10.4 Å². The van der Waals surface area contributed by atoms with E-state index in [1.807, 2.05) is 0 Å². The first-order valence-electron chi connectivity index (χ1n) is 11.0. The molecule has 1 aliphatic rings. The second-order valence-electron chi connectivity index (χ2n) is 8.35. The van der Waals surface area contributed by atoms with E-state index in [2.05, 4.69) is 20.3 Å². The van der Waals surface area contributed by atoms with Gasteiger partial charge in [0.25, 0.3) is 0 Å². The second kappa shape index (κ2) is 8.58. The summed E-state index contributed by atoms with van der Waals surface area (Å²) in [6.45, 7) is 0. The monoisotopic (exact) mass is 471 g/mol. The number of aromatic nitrogens is 4. The molecule has 2 aromatic carbocycles. The number of hydrogen-bond donors (Lipinski definition) is 2. The standard InChI is InChI=1S/C24H21F4N5O/c25-14-6-8-17(18(12-14)24(26,27)28)22-31-19-13-16(34)7-9-20(19)33(22)21-10-11-29-23(32-21)30-15-4-2-1-3-5-15/h6-13,15,34H,1-5H2,(H,29,30,32). The summed E-state index contributed by atoms with van der Waals surface area (Å²) in [6, 6.07) is 8.59. The molecule has 6 nitrogen and oxygen atoms in total. The van der Waals surface area contributed by atoms with Crippen LogP contribution < -0.4 is 5.32 Å². The average Bonchev–Trinajstić information content (AvgIpc) is 3.17. The van der Waals surface area contributed by atoms with Crippen molar-refractivity contribution in [3.05, 3.63) is 60.0 Å². The maximum Gasteiger partial charge on any atom is 0.417 e. The molecule has 0 radical (unpaired) electrons. The van der Waals surface area contributed by atoms with Gasteiger partial charge in [-0.25, -0.2) is 14.4 Å². The van der Waals surface area contributed by atoms with Crippen LogP contribution in [0, 0.1) is 5.82 Å². The summed E-state index contributed by atoms with van der Waals surface area (Å²) in [4.78, 5) is 13.2. The topological polar surface area (TPSA) is 75.9 Å². The summed E-state index contributed by atoms with van der Waals surface area (Å²) in [5.41, 5.74) is -0.742. The van der Waals surface area contributed by atoms with Gasteiger partial charge in [-0.05, 0) is 49.2 Å². The smallest absolute Gasteiger partial charge is 0.417 e. The SMILES string of the molecule is Oc1ccc2c(c1)nc(-c1ccc(F)cc1C(F)(F)F)n2-c1ccnc(NC2CCCCC2)n1. The largest absolute Gasteiger partial charge is 0.508 e. The quantitative estimate of drug-likeness (QED) is 0.352. The van der Waals surface area contributed by atoms with E-state index in [1.165, 1.54) is 29.3 Å². The van der Waals surface area contributed by atoms with Gasteiger partial charge in [-0.1, -0.05) is 19.3 Å². The first kappa shape index (κ1) is 22.1. The molecule has 2 heterocycles. The molecule has 0 bridgehead atoms. The molecule has 5 rings (SSSR count). The van der Waals surface area contributed by atoms with Crippen molar-refractivity contribution in [2.45, 2.75) is 44.3 Å². The van der Waals surface area contributed by atoms with E-state index in [0.29, 0.717) is 23.3 Å². The molecule has 0 atom stereocenters. The number of halogens is 4. The Hall–Kier alpha value is -3.69. The van der Waals surface area contributed by atoms with E-state index in [4.69, 9.17) is 0 Å². The minimum absolute atomic E-state index is 0.0739. The van der Waals surface area contributed by atoms with Crippen LogP contribution in [0.3, 0.4) is 0 Å². The Kier molecular flexibility index (Phi) is 5.59. The summed E-state index contributed by atoms with van der Waals surface area (Å²) < 4.78 is 56.7. The molecule has 34 heavy (non-hydrogen) atoms. The fraction of sp³-hybridized carbons (Fsp3) is 0.292. The predicted octanol–water partition coefficient (Wildman–Crippen LogP) is 6.09. The van der Waals surface area contributed by atoms with Crippen LogP contribution in [0.1, 0.15) is 37.7 Å². The lowest BCUT2D eigenvalue weighted by atomic mass is 9.96. The van der Waals surface area contributed by atoms with Crippen LogP contribution in [0.15, 0.2) is 48.7 Å². The third kappa shape index (κ3) is 4.27. The summed E-state index contributed by atoms with van der Waals surface area (Å²) in [5, 5.41) is 13.2. The highest BCUT2D eigenvalue weighted by atomic mass is 19.4. The average molecular weight is 471 g/mol. The zero-order valence-corrected chi connectivity index (χ0v) is 18.0. The van der Waals surface area contributed by atoms with Gasteiger partial charge in [0, 0.05) is 23.9 Å². The number of alkyl halides is 3. The van der Waals surface area contributed by atoms with Crippen molar-refractivity contribution in [2.75, 3.05) is 5.32 Å². The van der Waals surface area contributed by atoms with Crippen LogP contribution in [-0.2, 0) is 6.18 Å². The van der Waals surface area contributed by atoms with Crippen molar-refractivity contribution in [1.82, 2.24) is 19.5 Å². The van der Waals surface area contributed by atoms with Crippen molar-refractivity contribution in [2.24, 2.45) is 0 Å². The van der Waals surface area contributed by atoms with Crippen molar-refractivity contribution < 1.29 is 22.7 Å². The van der Waals surface area contributed by atoms with Gasteiger partial charge in [-0.2, -0.15) is 18.2 Å². The zero-order chi connectivity index (χ0) is 23.9. The molecule has 0 aliphatic heterocycles. The van der Waals surface area contributed by atoms with Crippen LogP contribution in [0.2, 0.25) is 0 Å². The summed E-state index contributed by atoms with van der Waals surface area (Å²) in [6.07, 6.45) is 2.13. The van der Waals surface area contributed by atoms with Crippen molar-refractivity contribution in [1.29, 1.82) is 0 Å². The number of anilines is 1. The molecule has 1 aliphatic carbocycles. The first-order valence-corrected chi connectivity index (χ1v) is 11.0. The highest BCUT2D eigenvalue weighted by Gasteiger charge is 2.36. The number of nitrogens with one attached hydrogen (secondary N) is 1. The zero-order valence-electron chi connectivity index (χ0n) is 18.0. The molecule has 10 heteroatoms. The molecule has 2 N–H and O–H groups in total. The van der Waals surface area contributed by atoms with Gasteiger partial charge in [-0.15, -0.1) is 0 Å². The Morgan fingerprint density at radius 3 is 2.53 bits per heavy atom. The highest BCUT2D eigenvalue weighted by Crippen LogP contribution is 2.39. The number of nitrogens with zero attached hydrogens (tertiary/aromatic N) is 4. The highest BCUT2D eigenvalue weighted by molar-refractivity contribution is 5.84. The number of benzene rings is 2. The molecule has 1 saturated carbocycles. The van der Waals surface area contributed by atoms with E-state index in [1.54, 1.807) is 12.1 Å². The Morgan fingerprint density at radius 1 is 0.971 bits per heavy atom. The third-order valence-electron chi connectivity index (χ3n) is 5.97. The maximum absolute atomic E-state index is 13.8. The third-order valence-corrected chi connectivity index (χ3v) is 5.97. The number of imidazole rings is 1. The molecule has 1 fully saturated rings. The molecule has 4 aromatic rings. The van der Waals surface area contributed by atoms with Gasteiger partial charge >= 0.3 is 6.18 Å². The van der Waals surface area contributed by atoms with Crippen LogP contribution in [0.4, 0.5) is 23.5 Å². The van der Waals surface area contributed by atoms with Gasteiger partial charge in [0.2, 0.25) is 5.95 Å². The molecule has 0 spiro atoms. The van der Waals surface area contributed by atoms with Gasteiger partial charge in [0.05, 0.1) is 16.6 Å². The molecular formula is C24H21F4N5O. The molecule has 2 aromatic heterocycles. The number of phenolic OH excluding ortho intramolecular Hbond substituents is 1. The summed E-state index contributed by atoms with van der Waals surface area (Å²) in [5.74, 6) is -0.492. The fourth-order valence-corrected chi connectivity index (χ4v) is 4.40. The van der Waals surface area contributed by atoms with Crippen LogP contribution in [-0.4, -0.2) is 30.7 Å². The maximum atomic E-state index is 13.8. The molecule has 0 unspecified atom stereocenters. The molecule has 176 valence electrons. The second-order valence-corrected chi connectivity index (χ2v) is 8.35. The van der Waals surface area contributed by atoms with Crippen LogP contribution in [0.5, 0.6) is 5.75 Å². The number of hydrogen-bond acceptors (Lipinski definition) is 5. The number of fused-ring (bicyclic) bond motifs is 1. The van der Waals surface area contributed by atoms with E-state index in [9.17, 15) is 22.7 Å². The van der Waals surface area contributed by atoms with E-state index in [-0.39, 0.29) is 28.7 Å². The molecule has 0 saturated heterocycles. The Labute approximate surface area is 192 Å². The van der Waals surface area contributed by atoms with E-state index in [0.717, 1.165) is 37.8 Å². The first-order chi connectivity index (χ1) is 16.3. The van der Waals surface area contributed by atoms with Crippen molar-refractivity contribution >= 4 is 17.0 Å². The number of aromatic hydroxyl groups is 1. The number of phenols is 1. The fourth-order valence-electron chi connectivity index (χ4n) is 4.40. The molecule has 0 amide bonds. The Morgan fingerprint density at radius 2 is 1.76 bits per heavy atom. The van der Waals surface area contributed by atoms with Crippen LogP contribution >= 0.6 is 0 Å². The van der Waals surface area contributed by atoms with Crippen molar-refractivity contribution in [3.63, 3.8) is 0 Å².